The van der Waals surface area contributed by atoms with Crippen LogP contribution in [0.5, 0.6) is 0 Å². The molecular formula is C19H40N2. The molecule has 0 aliphatic heterocycles. The molecule has 1 rings (SSSR count). The van der Waals surface area contributed by atoms with Crippen LogP contribution in [-0.4, -0.2) is 37.6 Å². The molecule has 2 nitrogen and oxygen atoms in total. The van der Waals surface area contributed by atoms with Crippen molar-refractivity contribution in [2.75, 3.05) is 26.7 Å². The van der Waals surface area contributed by atoms with Gasteiger partial charge < -0.3 is 10.2 Å². The van der Waals surface area contributed by atoms with Crippen molar-refractivity contribution in [2.45, 2.75) is 73.3 Å². The van der Waals surface area contributed by atoms with Crippen LogP contribution in [0.1, 0.15) is 67.2 Å². The third kappa shape index (κ3) is 5.90. The number of rotatable bonds is 7. The molecule has 0 saturated heterocycles. The monoisotopic (exact) mass is 296 g/mol. The van der Waals surface area contributed by atoms with Crippen molar-refractivity contribution in [3.8, 4) is 0 Å². The molecule has 4 unspecified atom stereocenters. The molecular weight excluding hydrogens is 256 g/mol. The molecule has 0 aromatic rings. The zero-order valence-corrected chi connectivity index (χ0v) is 15.7. The minimum atomic E-state index is 0.463. The van der Waals surface area contributed by atoms with E-state index in [0.29, 0.717) is 5.41 Å². The molecule has 0 heterocycles. The summed E-state index contributed by atoms with van der Waals surface area (Å²) in [4.78, 5) is 2.69. The molecule has 0 bridgehead atoms. The highest BCUT2D eigenvalue weighted by Gasteiger charge is 2.35. The average Bonchev–Trinajstić information content (AvgIpc) is 2.45. The molecule has 2 heteroatoms. The first-order chi connectivity index (χ1) is 9.81. The Morgan fingerprint density at radius 3 is 2.33 bits per heavy atom. The zero-order valence-electron chi connectivity index (χ0n) is 15.7. The largest absolute Gasteiger partial charge is 0.317 e. The van der Waals surface area contributed by atoms with Crippen LogP contribution >= 0.6 is 0 Å². The van der Waals surface area contributed by atoms with Gasteiger partial charge >= 0.3 is 0 Å². The van der Waals surface area contributed by atoms with Gasteiger partial charge in [0.25, 0.3) is 0 Å². The topological polar surface area (TPSA) is 15.3 Å². The van der Waals surface area contributed by atoms with Crippen molar-refractivity contribution in [2.24, 2.45) is 23.2 Å². The SMILES string of the molecule is CCC(C)CN(CC)CC1CC(C(C)(C)C)CCC1NC. The van der Waals surface area contributed by atoms with Crippen molar-refractivity contribution in [1.82, 2.24) is 10.2 Å². The molecule has 0 amide bonds. The van der Waals surface area contributed by atoms with E-state index in [4.69, 9.17) is 0 Å². The van der Waals surface area contributed by atoms with Crippen LogP contribution in [0.15, 0.2) is 0 Å². The Morgan fingerprint density at radius 1 is 1.19 bits per heavy atom. The second-order valence-corrected chi connectivity index (χ2v) is 8.40. The van der Waals surface area contributed by atoms with E-state index in [9.17, 15) is 0 Å². The summed E-state index contributed by atoms with van der Waals surface area (Å²) in [5, 5.41) is 3.60. The molecule has 1 saturated carbocycles. The Kier molecular flexibility index (Phi) is 7.70. The fraction of sp³-hybridized carbons (Fsp3) is 1.00. The quantitative estimate of drug-likeness (QED) is 0.749. The molecule has 1 aliphatic rings. The van der Waals surface area contributed by atoms with E-state index in [-0.39, 0.29) is 0 Å². The first-order valence-electron chi connectivity index (χ1n) is 9.21. The van der Waals surface area contributed by atoms with Gasteiger partial charge in [-0.15, -0.1) is 0 Å². The van der Waals surface area contributed by atoms with Crippen molar-refractivity contribution in [3.05, 3.63) is 0 Å². The maximum atomic E-state index is 3.60. The summed E-state index contributed by atoms with van der Waals surface area (Å²) >= 11 is 0. The lowest BCUT2D eigenvalue weighted by Crippen LogP contribution is -2.47. The summed E-state index contributed by atoms with van der Waals surface area (Å²) < 4.78 is 0. The normalized spacial score (nSPS) is 28.9. The number of hydrogen-bond donors (Lipinski definition) is 1. The summed E-state index contributed by atoms with van der Waals surface area (Å²) in [6, 6.07) is 0.717. The Morgan fingerprint density at radius 2 is 1.86 bits per heavy atom. The molecule has 0 aromatic carbocycles. The Bertz CT molecular complexity index is 282. The van der Waals surface area contributed by atoms with Crippen LogP contribution in [0.4, 0.5) is 0 Å². The van der Waals surface area contributed by atoms with Crippen LogP contribution in [0, 0.1) is 23.2 Å². The third-order valence-electron chi connectivity index (χ3n) is 5.78. The van der Waals surface area contributed by atoms with Gasteiger partial charge in [-0.05, 0) is 56.0 Å². The van der Waals surface area contributed by atoms with E-state index < -0.39 is 0 Å². The standard InChI is InChI=1S/C19H40N2/c1-8-15(3)13-21(9-2)14-16-12-17(19(4,5)6)10-11-18(16)20-7/h15-18,20H,8-14H2,1-7H3. The van der Waals surface area contributed by atoms with Gasteiger partial charge in [-0.1, -0.05) is 48.0 Å². The van der Waals surface area contributed by atoms with Crippen LogP contribution in [0.25, 0.3) is 0 Å². The maximum absolute atomic E-state index is 3.60. The van der Waals surface area contributed by atoms with Gasteiger partial charge in [-0.2, -0.15) is 0 Å². The van der Waals surface area contributed by atoms with E-state index in [0.717, 1.165) is 23.8 Å². The Balaban J connectivity index is 2.66. The maximum Gasteiger partial charge on any atom is 0.0105 e. The van der Waals surface area contributed by atoms with Crippen LogP contribution in [0.3, 0.4) is 0 Å². The predicted molar refractivity (Wildman–Crippen MR) is 94.7 cm³/mol. The minimum Gasteiger partial charge on any atom is -0.317 e. The van der Waals surface area contributed by atoms with E-state index in [1.807, 2.05) is 0 Å². The molecule has 1 fully saturated rings. The molecule has 0 aromatic heterocycles. The van der Waals surface area contributed by atoms with Crippen LogP contribution in [-0.2, 0) is 0 Å². The summed E-state index contributed by atoms with van der Waals surface area (Å²) in [5.41, 5.74) is 0.463. The molecule has 21 heavy (non-hydrogen) atoms. The minimum absolute atomic E-state index is 0.463. The number of nitrogens with zero attached hydrogens (tertiary/aromatic N) is 1. The van der Waals surface area contributed by atoms with E-state index in [1.165, 1.54) is 45.3 Å². The lowest BCUT2D eigenvalue weighted by atomic mass is 9.67. The second kappa shape index (κ2) is 8.53. The first-order valence-corrected chi connectivity index (χ1v) is 9.21. The van der Waals surface area contributed by atoms with Crippen LogP contribution < -0.4 is 5.32 Å². The first kappa shape index (κ1) is 19.0. The summed E-state index contributed by atoms with van der Waals surface area (Å²) in [6.07, 6.45) is 5.43. The Hall–Kier alpha value is -0.0800. The molecule has 0 radical (unpaired) electrons. The average molecular weight is 297 g/mol. The highest BCUT2D eigenvalue weighted by atomic mass is 15.1. The van der Waals surface area contributed by atoms with E-state index >= 15 is 0 Å². The third-order valence-corrected chi connectivity index (χ3v) is 5.78. The van der Waals surface area contributed by atoms with Gasteiger partial charge in [-0.25, -0.2) is 0 Å². The van der Waals surface area contributed by atoms with Gasteiger partial charge in [0, 0.05) is 19.1 Å². The lowest BCUT2D eigenvalue weighted by molar-refractivity contribution is 0.0868. The molecule has 1 N–H and O–H groups in total. The number of nitrogens with one attached hydrogen (secondary N) is 1. The van der Waals surface area contributed by atoms with Gasteiger partial charge in [0.1, 0.15) is 0 Å². The molecule has 126 valence electrons. The predicted octanol–water partition coefficient (Wildman–Crippen LogP) is 4.40. The molecule has 0 spiro atoms. The van der Waals surface area contributed by atoms with Crippen molar-refractivity contribution in [3.63, 3.8) is 0 Å². The summed E-state index contributed by atoms with van der Waals surface area (Å²) in [7, 11) is 2.15. The van der Waals surface area contributed by atoms with E-state index in [2.05, 4.69) is 58.8 Å². The fourth-order valence-electron chi connectivity index (χ4n) is 3.87. The lowest BCUT2D eigenvalue weighted by Gasteiger charge is -2.43. The second-order valence-electron chi connectivity index (χ2n) is 8.40. The Labute approximate surface area is 134 Å². The van der Waals surface area contributed by atoms with Crippen molar-refractivity contribution >= 4 is 0 Å². The molecule has 1 aliphatic carbocycles. The highest BCUT2D eigenvalue weighted by molar-refractivity contribution is 4.89. The molecule has 4 atom stereocenters. The van der Waals surface area contributed by atoms with Crippen molar-refractivity contribution < 1.29 is 0 Å². The smallest absolute Gasteiger partial charge is 0.0105 e. The van der Waals surface area contributed by atoms with Gasteiger partial charge in [-0.3, -0.25) is 0 Å². The zero-order chi connectivity index (χ0) is 16.0. The van der Waals surface area contributed by atoms with Gasteiger partial charge in [0.05, 0.1) is 0 Å². The van der Waals surface area contributed by atoms with Crippen molar-refractivity contribution in [1.29, 1.82) is 0 Å². The fourth-order valence-corrected chi connectivity index (χ4v) is 3.87. The van der Waals surface area contributed by atoms with Gasteiger partial charge in [0.15, 0.2) is 0 Å². The highest BCUT2D eigenvalue weighted by Crippen LogP contribution is 2.40. The summed E-state index contributed by atoms with van der Waals surface area (Å²) in [5.74, 6) is 2.52. The summed E-state index contributed by atoms with van der Waals surface area (Å²) in [6.45, 7) is 18.0. The van der Waals surface area contributed by atoms with Gasteiger partial charge in [0.2, 0.25) is 0 Å². The number of hydrogen-bond acceptors (Lipinski definition) is 2. The van der Waals surface area contributed by atoms with Crippen LogP contribution in [0.2, 0.25) is 0 Å². The van der Waals surface area contributed by atoms with E-state index in [1.54, 1.807) is 0 Å².